The molecule has 1 fully saturated rings. The van der Waals surface area contributed by atoms with E-state index in [1.165, 1.54) is 31.4 Å². The average Bonchev–Trinajstić information content (AvgIpc) is 3.18. The fraction of sp³-hybridized carbons (Fsp3) is 0.625. The van der Waals surface area contributed by atoms with E-state index in [9.17, 15) is 4.39 Å². The monoisotopic (exact) mass is 266 g/mol. The van der Waals surface area contributed by atoms with Crippen LogP contribution in [0.3, 0.4) is 0 Å². The zero-order valence-corrected chi connectivity index (χ0v) is 11.8. The van der Waals surface area contributed by atoms with Crippen molar-refractivity contribution in [3.8, 4) is 0 Å². The lowest BCUT2D eigenvalue weighted by Crippen LogP contribution is -2.17. The molecular formula is C16H23FO2. The van der Waals surface area contributed by atoms with Crippen LogP contribution in [0.25, 0.3) is 0 Å². The summed E-state index contributed by atoms with van der Waals surface area (Å²) < 4.78 is 24.2. The molecule has 1 aromatic rings. The molecule has 2 nitrogen and oxygen atoms in total. The molecule has 1 aromatic carbocycles. The number of epoxide rings is 1. The third-order valence-corrected chi connectivity index (χ3v) is 3.60. The lowest BCUT2D eigenvalue weighted by molar-refractivity contribution is 0.0340. The maximum Gasteiger partial charge on any atom is 0.123 e. The fourth-order valence-electron chi connectivity index (χ4n) is 2.30. The molecule has 0 aromatic heterocycles. The van der Waals surface area contributed by atoms with Gasteiger partial charge in [0, 0.05) is 0 Å². The second kappa shape index (κ2) is 7.01. The zero-order chi connectivity index (χ0) is 13.7. The predicted octanol–water partition coefficient (Wildman–Crippen LogP) is 4.08. The van der Waals surface area contributed by atoms with Crippen molar-refractivity contribution >= 4 is 0 Å². The molecule has 0 bridgehead atoms. The van der Waals surface area contributed by atoms with Crippen molar-refractivity contribution in [1.29, 1.82) is 0 Å². The van der Waals surface area contributed by atoms with Crippen LogP contribution in [-0.4, -0.2) is 18.3 Å². The summed E-state index contributed by atoms with van der Waals surface area (Å²) in [5.74, 6) is -0.210. The zero-order valence-electron chi connectivity index (χ0n) is 11.8. The van der Waals surface area contributed by atoms with Crippen LogP contribution >= 0.6 is 0 Å². The summed E-state index contributed by atoms with van der Waals surface area (Å²) in [6, 6.07) is 6.44. The maximum absolute atomic E-state index is 12.8. The van der Waals surface area contributed by atoms with E-state index in [0.29, 0.717) is 12.7 Å². The Morgan fingerprint density at radius 2 is 2.00 bits per heavy atom. The van der Waals surface area contributed by atoms with E-state index in [1.54, 1.807) is 12.1 Å². The Labute approximate surface area is 114 Å². The van der Waals surface area contributed by atoms with Crippen LogP contribution in [0.1, 0.15) is 45.1 Å². The largest absolute Gasteiger partial charge is 0.371 e. The van der Waals surface area contributed by atoms with Gasteiger partial charge < -0.3 is 9.47 Å². The van der Waals surface area contributed by atoms with Crippen molar-refractivity contribution in [3.63, 3.8) is 0 Å². The van der Waals surface area contributed by atoms with Crippen LogP contribution in [0.15, 0.2) is 24.3 Å². The molecule has 2 rings (SSSR count). The lowest BCUT2D eigenvalue weighted by atomic mass is 10.1. The maximum atomic E-state index is 12.8. The minimum atomic E-state index is -0.210. The van der Waals surface area contributed by atoms with Crippen LogP contribution in [0.2, 0.25) is 0 Å². The van der Waals surface area contributed by atoms with E-state index in [1.807, 2.05) is 6.92 Å². The standard InChI is InChI=1S/C16H23FO2/c1-3-4-5-6-15-16(19-15)12(2)18-11-13-7-9-14(17)10-8-13/h7-10,12,15-16H,3-6,11H2,1-2H3/t12-,15-,16+/m1/s1. The van der Waals surface area contributed by atoms with Gasteiger partial charge in [0.1, 0.15) is 11.9 Å². The van der Waals surface area contributed by atoms with Crippen molar-refractivity contribution in [2.45, 2.75) is 64.4 Å². The van der Waals surface area contributed by atoms with Gasteiger partial charge in [0.25, 0.3) is 0 Å². The van der Waals surface area contributed by atoms with Gasteiger partial charge in [0.2, 0.25) is 0 Å². The number of rotatable bonds is 8. The topological polar surface area (TPSA) is 21.8 Å². The van der Waals surface area contributed by atoms with Gasteiger partial charge in [-0.3, -0.25) is 0 Å². The molecule has 1 aliphatic heterocycles. The van der Waals surface area contributed by atoms with Crippen LogP contribution in [0.5, 0.6) is 0 Å². The summed E-state index contributed by atoms with van der Waals surface area (Å²) in [5, 5.41) is 0. The first-order valence-electron chi connectivity index (χ1n) is 7.22. The Morgan fingerprint density at radius 1 is 1.26 bits per heavy atom. The smallest absolute Gasteiger partial charge is 0.123 e. The van der Waals surface area contributed by atoms with E-state index in [0.717, 1.165) is 12.0 Å². The average molecular weight is 266 g/mol. The van der Waals surface area contributed by atoms with Gasteiger partial charge >= 0.3 is 0 Å². The summed E-state index contributed by atoms with van der Waals surface area (Å²) in [6.07, 6.45) is 5.64. The summed E-state index contributed by atoms with van der Waals surface area (Å²) in [4.78, 5) is 0. The Balaban J connectivity index is 1.65. The van der Waals surface area contributed by atoms with Crippen molar-refractivity contribution in [2.24, 2.45) is 0 Å². The Bertz CT molecular complexity index is 377. The van der Waals surface area contributed by atoms with Crippen molar-refractivity contribution in [1.82, 2.24) is 0 Å². The van der Waals surface area contributed by atoms with E-state index in [2.05, 4.69) is 6.92 Å². The summed E-state index contributed by atoms with van der Waals surface area (Å²) in [6.45, 7) is 4.77. The van der Waals surface area contributed by atoms with Gasteiger partial charge in [-0.1, -0.05) is 38.3 Å². The molecule has 3 atom stereocenters. The second-order valence-corrected chi connectivity index (χ2v) is 5.28. The first kappa shape index (κ1) is 14.5. The van der Waals surface area contributed by atoms with E-state index < -0.39 is 0 Å². The lowest BCUT2D eigenvalue weighted by Gasteiger charge is -2.10. The molecule has 0 N–H and O–H groups in total. The molecule has 0 radical (unpaired) electrons. The van der Waals surface area contributed by atoms with Gasteiger partial charge in [-0.15, -0.1) is 0 Å². The highest BCUT2D eigenvalue weighted by Crippen LogP contribution is 2.31. The molecule has 1 aliphatic rings. The highest BCUT2D eigenvalue weighted by Gasteiger charge is 2.42. The van der Waals surface area contributed by atoms with Crippen LogP contribution in [-0.2, 0) is 16.1 Å². The molecule has 3 heteroatoms. The van der Waals surface area contributed by atoms with Gasteiger partial charge in [-0.25, -0.2) is 4.39 Å². The third kappa shape index (κ3) is 4.59. The van der Waals surface area contributed by atoms with Crippen molar-refractivity contribution in [2.75, 3.05) is 0 Å². The van der Waals surface area contributed by atoms with Crippen LogP contribution < -0.4 is 0 Å². The number of halogens is 1. The highest BCUT2D eigenvalue weighted by molar-refractivity contribution is 5.15. The van der Waals surface area contributed by atoms with Crippen molar-refractivity contribution < 1.29 is 13.9 Å². The molecule has 1 saturated heterocycles. The van der Waals surface area contributed by atoms with Crippen LogP contribution in [0, 0.1) is 5.82 Å². The molecule has 19 heavy (non-hydrogen) atoms. The first-order valence-corrected chi connectivity index (χ1v) is 7.22. The number of ether oxygens (including phenoxy) is 2. The van der Waals surface area contributed by atoms with E-state index in [4.69, 9.17) is 9.47 Å². The first-order chi connectivity index (χ1) is 9.20. The van der Waals surface area contributed by atoms with Crippen LogP contribution in [0.4, 0.5) is 4.39 Å². The molecule has 1 heterocycles. The van der Waals surface area contributed by atoms with E-state index in [-0.39, 0.29) is 18.0 Å². The molecule has 0 spiro atoms. The number of unbranched alkanes of at least 4 members (excludes halogenated alkanes) is 2. The third-order valence-electron chi connectivity index (χ3n) is 3.60. The van der Waals surface area contributed by atoms with E-state index >= 15 is 0 Å². The SMILES string of the molecule is CCCCC[C@H]1O[C@H]1[C@@H](C)OCc1ccc(F)cc1. The summed E-state index contributed by atoms with van der Waals surface area (Å²) >= 11 is 0. The quantitative estimate of drug-likeness (QED) is 0.522. The minimum absolute atomic E-state index is 0.108. The van der Waals surface area contributed by atoms with Crippen molar-refractivity contribution in [3.05, 3.63) is 35.6 Å². The second-order valence-electron chi connectivity index (χ2n) is 5.28. The Hall–Kier alpha value is -0.930. The Kier molecular flexibility index (Phi) is 5.34. The molecular weight excluding hydrogens is 243 g/mol. The fourth-order valence-corrected chi connectivity index (χ4v) is 2.30. The molecule has 0 saturated carbocycles. The minimum Gasteiger partial charge on any atom is -0.371 e. The normalized spacial score (nSPS) is 23.3. The highest BCUT2D eigenvalue weighted by atomic mass is 19.1. The predicted molar refractivity (Wildman–Crippen MR) is 73.5 cm³/mol. The summed E-state index contributed by atoms with van der Waals surface area (Å²) in [5.41, 5.74) is 0.997. The molecule has 0 aliphatic carbocycles. The van der Waals surface area contributed by atoms with Gasteiger partial charge in [-0.2, -0.15) is 0 Å². The van der Waals surface area contributed by atoms with Gasteiger partial charge in [0.05, 0.1) is 18.8 Å². The summed E-state index contributed by atoms with van der Waals surface area (Å²) in [7, 11) is 0. The Morgan fingerprint density at radius 3 is 2.68 bits per heavy atom. The van der Waals surface area contributed by atoms with Gasteiger partial charge in [0.15, 0.2) is 0 Å². The molecule has 0 amide bonds. The number of hydrogen-bond acceptors (Lipinski definition) is 2. The number of benzene rings is 1. The van der Waals surface area contributed by atoms with Gasteiger partial charge in [-0.05, 0) is 31.0 Å². The molecule has 106 valence electrons. The number of hydrogen-bond donors (Lipinski definition) is 0. The molecule has 0 unspecified atom stereocenters.